The average Bonchev–Trinajstić information content (AvgIpc) is 2.28. The van der Waals surface area contributed by atoms with Crippen LogP contribution in [0.5, 0.6) is 5.75 Å². The summed E-state index contributed by atoms with van der Waals surface area (Å²) in [6.07, 6.45) is 0. The Balaban J connectivity index is 2.62. The second-order valence-electron chi connectivity index (χ2n) is 3.89. The van der Waals surface area contributed by atoms with Crippen molar-refractivity contribution >= 4 is 5.84 Å². The van der Waals surface area contributed by atoms with Crippen molar-refractivity contribution in [2.45, 2.75) is 19.5 Å². The lowest BCUT2D eigenvalue weighted by atomic mass is 10.2. The Hall–Kier alpha value is -1.55. The van der Waals surface area contributed by atoms with Gasteiger partial charge < -0.3 is 10.5 Å². The molecule has 4 heteroatoms. The standard InChI is InChI=1S/C12H19N3O/c1-9(12(13)14)15(2)8-10-4-6-11(16-3)7-5-10/h4-7,9H,8H2,1-3H3,(H3,13,14). The molecule has 0 saturated heterocycles. The third-order valence-corrected chi connectivity index (χ3v) is 2.70. The summed E-state index contributed by atoms with van der Waals surface area (Å²) in [5.74, 6) is 1.04. The molecular formula is C12H19N3O. The molecule has 0 bridgehead atoms. The third-order valence-electron chi connectivity index (χ3n) is 2.70. The molecule has 1 unspecified atom stereocenters. The zero-order valence-corrected chi connectivity index (χ0v) is 10.0. The lowest BCUT2D eigenvalue weighted by molar-refractivity contribution is 0.301. The van der Waals surface area contributed by atoms with E-state index in [0.717, 1.165) is 12.3 Å². The largest absolute Gasteiger partial charge is 0.497 e. The fourth-order valence-electron chi connectivity index (χ4n) is 1.39. The van der Waals surface area contributed by atoms with E-state index in [1.165, 1.54) is 5.56 Å². The molecule has 3 N–H and O–H groups in total. The van der Waals surface area contributed by atoms with Crippen LogP contribution >= 0.6 is 0 Å². The predicted molar refractivity (Wildman–Crippen MR) is 65.8 cm³/mol. The minimum absolute atomic E-state index is 0.0397. The highest BCUT2D eigenvalue weighted by Gasteiger charge is 2.11. The van der Waals surface area contributed by atoms with Gasteiger partial charge in [-0.25, -0.2) is 0 Å². The number of benzene rings is 1. The van der Waals surface area contributed by atoms with Crippen molar-refractivity contribution in [2.24, 2.45) is 5.73 Å². The zero-order chi connectivity index (χ0) is 12.1. The van der Waals surface area contributed by atoms with Crippen molar-refractivity contribution in [2.75, 3.05) is 14.2 Å². The predicted octanol–water partition coefficient (Wildman–Crippen LogP) is 1.45. The summed E-state index contributed by atoms with van der Waals surface area (Å²) >= 11 is 0. The molecule has 0 aliphatic carbocycles. The van der Waals surface area contributed by atoms with Gasteiger partial charge in [0.25, 0.3) is 0 Å². The molecule has 0 aliphatic heterocycles. The summed E-state index contributed by atoms with van der Waals surface area (Å²) in [4.78, 5) is 2.03. The molecule has 0 radical (unpaired) electrons. The molecule has 4 nitrogen and oxygen atoms in total. The second kappa shape index (κ2) is 5.51. The van der Waals surface area contributed by atoms with Crippen molar-refractivity contribution in [1.29, 1.82) is 5.41 Å². The Morgan fingerprint density at radius 2 is 2.00 bits per heavy atom. The van der Waals surface area contributed by atoms with Crippen LogP contribution in [0.25, 0.3) is 0 Å². The number of methoxy groups -OCH3 is 1. The van der Waals surface area contributed by atoms with Gasteiger partial charge in [-0.1, -0.05) is 12.1 Å². The van der Waals surface area contributed by atoms with Gasteiger partial charge in [-0.3, -0.25) is 10.3 Å². The minimum Gasteiger partial charge on any atom is -0.497 e. The molecule has 1 aromatic carbocycles. The molecule has 88 valence electrons. The van der Waals surface area contributed by atoms with Crippen LogP contribution in [0, 0.1) is 5.41 Å². The van der Waals surface area contributed by atoms with Gasteiger partial charge >= 0.3 is 0 Å². The topological polar surface area (TPSA) is 62.3 Å². The van der Waals surface area contributed by atoms with Crippen molar-refractivity contribution in [3.05, 3.63) is 29.8 Å². The van der Waals surface area contributed by atoms with Crippen LogP contribution < -0.4 is 10.5 Å². The first-order chi connectivity index (χ1) is 7.54. The van der Waals surface area contributed by atoms with Gasteiger partial charge in [-0.2, -0.15) is 0 Å². The smallest absolute Gasteiger partial charge is 0.118 e. The van der Waals surface area contributed by atoms with Gasteiger partial charge in [-0.05, 0) is 31.7 Å². The first-order valence-electron chi connectivity index (χ1n) is 5.21. The molecule has 0 amide bonds. The van der Waals surface area contributed by atoms with E-state index in [1.54, 1.807) is 7.11 Å². The number of nitrogens with one attached hydrogen (secondary N) is 1. The Bertz CT molecular complexity index is 348. The van der Waals surface area contributed by atoms with E-state index in [9.17, 15) is 0 Å². The van der Waals surface area contributed by atoms with Crippen molar-refractivity contribution in [1.82, 2.24) is 4.90 Å². The molecule has 1 atom stereocenters. The van der Waals surface area contributed by atoms with Crippen molar-refractivity contribution in [3.8, 4) is 5.75 Å². The van der Waals surface area contributed by atoms with E-state index in [2.05, 4.69) is 0 Å². The number of hydrogen-bond donors (Lipinski definition) is 2. The van der Waals surface area contributed by atoms with Gasteiger partial charge in [0.1, 0.15) is 11.6 Å². The number of hydrogen-bond acceptors (Lipinski definition) is 3. The number of ether oxygens (including phenoxy) is 1. The first-order valence-corrected chi connectivity index (χ1v) is 5.21. The lowest BCUT2D eigenvalue weighted by Crippen LogP contribution is -2.39. The van der Waals surface area contributed by atoms with E-state index >= 15 is 0 Å². The van der Waals surface area contributed by atoms with Crippen LogP contribution in [-0.2, 0) is 6.54 Å². The van der Waals surface area contributed by atoms with Crippen LogP contribution in [0.2, 0.25) is 0 Å². The molecule has 0 saturated carbocycles. The minimum atomic E-state index is -0.0397. The van der Waals surface area contributed by atoms with E-state index in [4.69, 9.17) is 15.9 Å². The quantitative estimate of drug-likeness (QED) is 0.584. The maximum atomic E-state index is 7.38. The molecule has 0 fully saturated rings. The monoisotopic (exact) mass is 221 g/mol. The molecular weight excluding hydrogens is 202 g/mol. The highest BCUT2D eigenvalue weighted by molar-refractivity contribution is 5.82. The molecule has 16 heavy (non-hydrogen) atoms. The number of nitrogens with two attached hydrogens (primary N) is 1. The van der Waals surface area contributed by atoms with Gasteiger partial charge in [0.15, 0.2) is 0 Å². The van der Waals surface area contributed by atoms with E-state index in [1.807, 2.05) is 43.1 Å². The lowest BCUT2D eigenvalue weighted by Gasteiger charge is -2.23. The second-order valence-corrected chi connectivity index (χ2v) is 3.89. The molecule has 0 aromatic heterocycles. The van der Waals surface area contributed by atoms with Crippen molar-refractivity contribution in [3.63, 3.8) is 0 Å². The molecule has 1 aromatic rings. The Morgan fingerprint density at radius 1 is 1.44 bits per heavy atom. The summed E-state index contributed by atoms with van der Waals surface area (Å²) in [5.41, 5.74) is 6.64. The highest BCUT2D eigenvalue weighted by atomic mass is 16.5. The average molecular weight is 221 g/mol. The van der Waals surface area contributed by atoms with Crippen LogP contribution in [0.3, 0.4) is 0 Å². The van der Waals surface area contributed by atoms with Crippen LogP contribution in [-0.4, -0.2) is 30.9 Å². The number of amidine groups is 1. The fraction of sp³-hybridized carbons (Fsp3) is 0.417. The number of rotatable bonds is 5. The summed E-state index contributed by atoms with van der Waals surface area (Å²) in [6.45, 7) is 2.69. The molecule has 0 spiro atoms. The fourth-order valence-corrected chi connectivity index (χ4v) is 1.39. The van der Waals surface area contributed by atoms with Gasteiger partial charge in [0.2, 0.25) is 0 Å². The Morgan fingerprint density at radius 3 is 2.44 bits per heavy atom. The van der Waals surface area contributed by atoms with Crippen LogP contribution in [0.1, 0.15) is 12.5 Å². The summed E-state index contributed by atoms with van der Waals surface area (Å²) in [6, 6.07) is 7.86. The van der Waals surface area contributed by atoms with E-state index in [0.29, 0.717) is 0 Å². The maximum absolute atomic E-state index is 7.38. The highest BCUT2D eigenvalue weighted by Crippen LogP contribution is 2.13. The Labute approximate surface area is 96.5 Å². The van der Waals surface area contributed by atoms with Crippen LogP contribution in [0.4, 0.5) is 0 Å². The first kappa shape index (κ1) is 12.5. The van der Waals surface area contributed by atoms with Gasteiger partial charge in [0.05, 0.1) is 13.2 Å². The third kappa shape index (κ3) is 3.24. The number of nitrogens with zero attached hydrogens (tertiary/aromatic N) is 1. The summed E-state index contributed by atoms with van der Waals surface area (Å²) < 4.78 is 5.09. The van der Waals surface area contributed by atoms with Crippen molar-refractivity contribution < 1.29 is 4.74 Å². The van der Waals surface area contributed by atoms with E-state index in [-0.39, 0.29) is 11.9 Å². The summed E-state index contributed by atoms with van der Waals surface area (Å²) in [7, 11) is 3.61. The zero-order valence-electron chi connectivity index (χ0n) is 10.0. The summed E-state index contributed by atoms with van der Waals surface area (Å²) in [5, 5.41) is 7.38. The Kier molecular flexibility index (Phi) is 4.31. The SMILES string of the molecule is COc1ccc(CN(C)C(C)C(=N)N)cc1. The van der Waals surface area contributed by atoms with Gasteiger partial charge in [0, 0.05) is 6.54 Å². The van der Waals surface area contributed by atoms with E-state index < -0.39 is 0 Å². The maximum Gasteiger partial charge on any atom is 0.118 e. The molecule has 1 rings (SSSR count). The van der Waals surface area contributed by atoms with Crippen LogP contribution in [0.15, 0.2) is 24.3 Å². The molecule has 0 heterocycles. The number of likely N-dealkylation sites (N-methyl/N-ethyl adjacent to an activating group) is 1. The molecule has 0 aliphatic rings. The van der Waals surface area contributed by atoms with Gasteiger partial charge in [-0.15, -0.1) is 0 Å². The normalized spacial score (nSPS) is 12.5.